The minimum absolute atomic E-state index is 0.172. The average molecular weight is 233 g/mol. The molecule has 5 heteroatoms. The van der Waals surface area contributed by atoms with Gasteiger partial charge in [-0.1, -0.05) is 19.9 Å². The predicted molar refractivity (Wildman–Crippen MR) is 59.5 cm³/mol. The fourth-order valence-electron chi connectivity index (χ4n) is 1.02. The summed E-state index contributed by atoms with van der Waals surface area (Å²) < 4.78 is 23.8. The summed E-state index contributed by atoms with van der Waals surface area (Å²) >= 11 is 1.27. The highest BCUT2D eigenvalue weighted by molar-refractivity contribution is 7.93. The number of rotatable bonds is 5. The summed E-state index contributed by atoms with van der Waals surface area (Å²) in [4.78, 5) is 0. The SMILES string of the molecule is CC(C)NCCS(=O)(=O)c1cccs1. The summed E-state index contributed by atoms with van der Waals surface area (Å²) in [5.41, 5.74) is 0. The molecule has 0 radical (unpaired) electrons. The molecule has 0 fully saturated rings. The highest BCUT2D eigenvalue weighted by Crippen LogP contribution is 2.16. The topological polar surface area (TPSA) is 46.2 Å². The van der Waals surface area contributed by atoms with Gasteiger partial charge in [-0.25, -0.2) is 8.42 Å². The Labute approximate surface area is 89.1 Å². The zero-order chi connectivity index (χ0) is 10.6. The monoisotopic (exact) mass is 233 g/mol. The van der Waals surface area contributed by atoms with Gasteiger partial charge in [-0.15, -0.1) is 11.3 Å². The lowest BCUT2D eigenvalue weighted by atomic mass is 10.4. The Kier molecular flexibility index (Phi) is 4.10. The second-order valence-corrected chi connectivity index (χ2v) is 6.64. The highest BCUT2D eigenvalue weighted by Gasteiger charge is 2.14. The van der Waals surface area contributed by atoms with Gasteiger partial charge in [0.2, 0.25) is 0 Å². The second-order valence-electron chi connectivity index (χ2n) is 3.36. The van der Waals surface area contributed by atoms with E-state index in [-0.39, 0.29) is 5.75 Å². The molecule has 1 aromatic heterocycles. The van der Waals surface area contributed by atoms with Crippen molar-refractivity contribution in [3.63, 3.8) is 0 Å². The van der Waals surface area contributed by atoms with Gasteiger partial charge in [0, 0.05) is 12.6 Å². The lowest BCUT2D eigenvalue weighted by molar-refractivity contribution is 0.579. The van der Waals surface area contributed by atoms with E-state index >= 15 is 0 Å². The summed E-state index contributed by atoms with van der Waals surface area (Å²) in [6.07, 6.45) is 0. The molecule has 0 aliphatic carbocycles. The molecule has 0 bridgehead atoms. The third kappa shape index (κ3) is 3.40. The molecule has 1 aromatic rings. The van der Waals surface area contributed by atoms with Crippen LogP contribution in [0.3, 0.4) is 0 Å². The Morgan fingerprint density at radius 1 is 1.50 bits per heavy atom. The maximum Gasteiger partial charge on any atom is 0.188 e. The molecule has 1 N–H and O–H groups in total. The molecule has 14 heavy (non-hydrogen) atoms. The smallest absolute Gasteiger partial charge is 0.188 e. The van der Waals surface area contributed by atoms with E-state index in [1.807, 2.05) is 13.8 Å². The molecule has 0 atom stereocenters. The molecule has 0 saturated carbocycles. The zero-order valence-corrected chi connectivity index (χ0v) is 9.99. The van der Waals surface area contributed by atoms with E-state index in [4.69, 9.17) is 0 Å². The number of thiophene rings is 1. The molecule has 0 unspecified atom stereocenters. The van der Waals surface area contributed by atoms with Crippen molar-refractivity contribution in [2.75, 3.05) is 12.3 Å². The van der Waals surface area contributed by atoms with Crippen molar-refractivity contribution < 1.29 is 8.42 Å². The second kappa shape index (κ2) is 4.91. The van der Waals surface area contributed by atoms with Crippen LogP contribution < -0.4 is 5.32 Å². The molecule has 3 nitrogen and oxygen atoms in total. The van der Waals surface area contributed by atoms with E-state index in [1.54, 1.807) is 17.5 Å². The van der Waals surface area contributed by atoms with E-state index in [2.05, 4.69) is 5.32 Å². The Bertz CT molecular complexity index is 354. The van der Waals surface area contributed by atoms with E-state index < -0.39 is 9.84 Å². The van der Waals surface area contributed by atoms with Crippen LogP contribution in [0.1, 0.15) is 13.8 Å². The van der Waals surface area contributed by atoms with Gasteiger partial charge in [-0.3, -0.25) is 0 Å². The lowest BCUT2D eigenvalue weighted by Gasteiger charge is -2.07. The molecular weight excluding hydrogens is 218 g/mol. The summed E-state index contributed by atoms with van der Waals surface area (Å²) in [7, 11) is -3.06. The third-order valence-electron chi connectivity index (χ3n) is 1.72. The van der Waals surface area contributed by atoms with E-state index in [1.165, 1.54) is 11.3 Å². The summed E-state index contributed by atoms with van der Waals surface area (Å²) in [6.45, 7) is 4.51. The fourth-order valence-corrected chi connectivity index (χ4v) is 3.35. The third-order valence-corrected chi connectivity index (χ3v) is 4.93. The first-order chi connectivity index (χ1) is 6.52. The first-order valence-corrected chi connectivity index (χ1v) is 7.05. The maximum absolute atomic E-state index is 11.6. The Balaban J connectivity index is 2.52. The van der Waals surface area contributed by atoms with Crippen molar-refractivity contribution in [1.29, 1.82) is 0 Å². The van der Waals surface area contributed by atoms with Gasteiger partial charge >= 0.3 is 0 Å². The van der Waals surface area contributed by atoms with Crippen molar-refractivity contribution in [1.82, 2.24) is 5.32 Å². The normalized spacial score (nSPS) is 12.2. The molecule has 0 spiro atoms. The number of nitrogens with one attached hydrogen (secondary N) is 1. The van der Waals surface area contributed by atoms with Gasteiger partial charge in [-0.05, 0) is 11.4 Å². The molecule has 0 saturated heterocycles. The van der Waals surface area contributed by atoms with Crippen LogP contribution in [-0.4, -0.2) is 26.8 Å². The Morgan fingerprint density at radius 3 is 2.71 bits per heavy atom. The van der Waals surface area contributed by atoms with Crippen LogP contribution in [0.25, 0.3) is 0 Å². The van der Waals surface area contributed by atoms with Crippen molar-refractivity contribution >= 4 is 21.2 Å². The number of sulfone groups is 1. The molecule has 0 aromatic carbocycles. The fraction of sp³-hybridized carbons (Fsp3) is 0.556. The minimum Gasteiger partial charge on any atom is -0.314 e. The molecule has 0 amide bonds. The van der Waals surface area contributed by atoms with Crippen LogP contribution in [0.15, 0.2) is 21.7 Å². The maximum atomic E-state index is 11.6. The number of hydrogen-bond acceptors (Lipinski definition) is 4. The van der Waals surface area contributed by atoms with Gasteiger partial charge in [0.1, 0.15) is 4.21 Å². The van der Waals surface area contributed by atoms with Crippen molar-refractivity contribution in [3.05, 3.63) is 17.5 Å². The highest BCUT2D eigenvalue weighted by atomic mass is 32.2. The molecule has 1 rings (SSSR count). The van der Waals surface area contributed by atoms with Gasteiger partial charge < -0.3 is 5.32 Å². The first-order valence-electron chi connectivity index (χ1n) is 4.52. The largest absolute Gasteiger partial charge is 0.314 e. The quantitative estimate of drug-likeness (QED) is 0.838. The van der Waals surface area contributed by atoms with Crippen LogP contribution in [-0.2, 0) is 9.84 Å². The zero-order valence-electron chi connectivity index (χ0n) is 8.36. The summed E-state index contributed by atoms with van der Waals surface area (Å²) in [5, 5.41) is 4.87. The van der Waals surface area contributed by atoms with Crippen LogP contribution >= 0.6 is 11.3 Å². The van der Waals surface area contributed by atoms with Gasteiger partial charge in [0.15, 0.2) is 9.84 Å². The molecule has 1 heterocycles. The predicted octanol–water partition coefficient (Wildman–Crippen LogP) is 1.52. The lowest BCUT2D eigenvalue weighted by Crippen LogP contribution is -2.28. The van der Waals surface area contributed by atoms with Crippen LogP contribution in [0.2, 0.25) is 0 Å². The van der Waals surface area contributed by atoms with Crippen molar-refractivity contribution in [3.8, 4) is 0 Å². The molecular formula is C9H15NO2S2. The van der Waals surface area contributed by atoms with E-state index in [9.17, 15) is 8.42 Å². The van der Waals surface area contributed by atoms with E-state index in [0.29, 0.717) is 16.8 Å². The van der Waals surface area contributed by atoms with Crippen molar-refractivity contribution in [2.45, 2.75) is 24.1 Å². The minimum atomic E-state index is -3.06. The van der Waals surface area contributed by atoms with Crippen LogP contribution in [0.5, 0.6) is 0 Å². The Hall–Kier alpha value is -0.390. The molecule has 0 aliphatic rings. The Morgan fingerprint density at radius 2 is 2.21 bits per heavy atom. The summed E-state index contributed by atoms with van der Waals surface area (Å²) in [5.74, 6) is 0.172. The van der Waals surface area contributed by atoms with Gasteiger partial charge in [0.25, 0.3) is 0 Å². The summed E-state index contributed by atoms with van der Waals surface area (Å²) in [6, 6.07) is 3.73. The standard InChI is InChI=1S/C9H15NO2S2/c1-8(2)10-5-7-14(11,12)9-4-3-6-13-9/h3-4,6,8,10H,5,7H2,1-2H3. The average Bonchev–Trinajstić information content (AvgIpc) is 2.54. The van der Waals surface area contributed by atoms with Gasteiger partial charge in [0.05, 0.1) is 5.75 Å². The van der Waals surface area contributed by atoms with Gasteiger partial charge in [-0.2, -0.15) is 0 Å². The van der Waals surface area contributed by atoms with Crippen LogP contribution in [0, 0.1) is 0 Å². The molecule has 80 valence electrons. The van der Waals surface area contributed by atoms with Crippen molar-refractivity contribution in [2.24, 2.45) is 0 Å². The van der Waals surface area contributed by atoms with E-state index in [0.717, 1.165) is 0 Å². The molecule has 0 aliphatic heterocycles. The van der Waals surface area contributed by atoms with Crippen LogP contribution in [0.4, 0.5) is 0 Å². The number of hydrogen-bond donors (Lipinski definition) is 1. The first kappa shape index (κ1) is 11.7.